The summed E-state index contributed by atoms with van der Waals surface area (Å²) < 4.78 is 6.24. The first-order valence-corrected chi connectivity index (χ1v) is 13.6. The highest BCUT2D eigenvalue weighted by molar-refractivity contribution is 6.00. The van der Waals surface area contributed by atoms with E-state index in [1.165, 1.54) is 6.08 Å². The molecule has 0 radical (unpaired) electrons. The second-order valence-corrected chi connectivity index (χ2v) is 9.89. The summed E-state index contributed by atoms with van der Waals surface area (Å²) in [7, 11) is 1.57. The number of nitrogens with one attached hydrogen (secondary N) is 2. The molecule has 3 amide bonds. The minimum atomic E-state index is -0.368. The second-order valence-electron chi connectivity index (χ2n) is 9.89. The van der Waals surface area contributed by atoms with Crippen LogP contribution in [0.3, 0.4) is 0 Å². The van der Waals surface area contributed by atoms with Crippen molar-refractivity contribution in [2.45, 2.75) is 26.4 Å². The van der Waals surface area contributed by atoms with Gasteiger partial charge in [0, 0.05) is 42.0 Å². The number of aromatic nitrogens is 1. The number of benzene rings is 3. The largest absolute Gasteiger partial charge is 0.487 e. The Bertz CT molecular complexity index is 1630. The molecule has 5 rings (SSSR count). The summed E-state index contributed by atoms with van der Waals surface area (Å²) in [5, 5.41) is 6.28. The summed E-state index contributed by atoms with van der Waals surface area (Å²) >= 11 is 0. The minimum Gasteiger partial charge on any atom is -0.487 e. The Kier molecular flexibility index (Phi) is 8.39. The normalized spacial score (nSPS) is 12.7. The number of carbonyl (C=O) groups excluding carboxylic acids is 3. The third-order valence-electron chi connectivity index (χ3n) is 7.10. The van der Waals surface area contributed by atoms with Crippen LogP contribution in [0.25, 0.3) is 17.0 Å². The number of rotatable bonds is 8. The molecule has 0 unspecified atom stereocenters. The number of hydrogen-bond acceptors (Lipinski definition) is 5. The van der Waals surface area contributed by atoms with Gasteiger partial charge in [0.2, 0.25) is 11.8 Å². The molecule has 0 saturated heterocycles. The fraction of sp³-hybridized carbons (Fsp3) is 0.212. The highest BCUT2D eigenvalue weighted by atomic mass is 16.5. The minimum absolute atomic E-state index is 0.111. The molecule has 0 aliphatic carbocycles. The number of ether oxygens (including phenoxy) is 1. The Balaban J connectivity index is 1.22. The summed E-state index contributed by atoms with van der Waals surface area (Å²) in [5.74, 6) is 0.0140. The molecular weight excluding hydrogens is 516 g/mol. The van der Waals surface area contributed by atoms with Crippen LogP contribution < -0.4 is 20.3 Å². The maximum Gasteiger partial charge on any atom is 0.251 e. The van der Waals surface area contributed by atoms with Crippen molar-refractivity contribution in [1.29, 1.82) is 0 Å². The molecule has 0 bridgehead atoms. The molecule has 41 heavy (non-hydrogen) atoms. The van der Waals surface area contributed by atoms with Crippen molar-refractivity contribution in [3.8, 4) is 5.75 Å². The van der Waals surface area contributed by atoms with Gasteiger partial charge in [0.1, 0.15) is 17.9 Å². The number of carbonyl (C=O) groups is 3. The first-order valence-electron chi connectivity index (χ1n) is 13.6. The van der Waals surface area contributed by atoms with Gasteiger partial charge in [0.05, 0.1) is 6.54 Å². The standard InChI is InChI=1S/C33H32N4O4/c1-22-11-15-24-6-4-10-29(32(24)36-22)41-21-26-7-3-9-28-27(26)8-5-19-37(28)31(39)20-35-30(38)18-14-23-12-16-25(17-13-23)33(40)34-2/h3-4,6-7,9-18H,5,8,19-21H2,1-2H3,(H,34,40)(H,35,38)/b18-14+. The first kappa shape index (κ1) is 27.6. The summed E-state index contributed by atoms with van der Waals surface area (Å²) in [4.78, 5) is 43.6. The Morgan fingerprint density at radius 2 is 1.80 bits per heavy atom. The van der Waals surface area contributed by atoms with Crippen LogP contribution in [-0.4, -0.2) is 42.8 Å². The van der Waals surface area contributed by atoms with E-state index in [2.05, 4.69) is 15.6 Å². The highest BCUT2D eigenvalue weighted by Gasteiger charge is 2.24. The monoisotopic (exact) mass is 548 g/mol. The topological polar surface area (TPSA) is 101 Å². The number of anilines is 1. The summed E-state index contributed by atoms with van der Waals surface area (Å²) in [6, 6.07) is 22.7. The zero-order valence-corrected chi connectivity index (χ0v) is 23.1. The number of aryl methyl sites for hydroxylation is 1. The van der Waals surface area contributed by atoms with Crippen LogP contribution in [-0.2, 0) is 22.6 Å². The molecule has 8 nitrogen and oxygen atoms in total. The zero-order chi connectivity index (χ0) is 28.8. The number of fused-ring (bicyclic) bond motifs is 2. The van der Waals surface area contributed by atoms with Crippen molar-refractivity contribution in [1.82, 2.24) is 15.6 Å². The van der Waals surface area contributed by atoms with Crippen molar-refractivity contribution < 1.29 is 19.1 Å². The van der Waals surface area contributed by atoms with Crippen LogP contribution in [0.5, 0.6) is 5.75 Å². The molecule has 3 aromatic carbocycles. The van der Waals surface area contributed by atoms with E-state index in [1.54, 1.807) is 42.3 Å². The van der Waals surface area contributed by atoms with Crippen LogP contribution >= 0.6 is 0 Å². The van der Waals surface area contributed by atoms with Gasteiger partial charge < -0.3 is 20.3 Å². The molecule has 208 valence electrons. The Morgan fingerprint density at radius 3 is 2.61 bits per heavy atom. The average molecular weight is 549 g/mol. The molecule has 1 aromatic heterocycles. The average Bonchev–Trinajstić information content (AvgIpc) is 3.01. The van der Waals surface area contributed by atoms with Crippen LogP contribution in [0, 0.1) is 6.92 Å². The number of para-hydroxylation sites is 1. The fourth-order valence-corrected chi connectivity index (χ4v) is 4.96. The van der Waals surface area contributed by atoms with E-state index in [0.29, 0.717) is 18.7 Å². The van der Waals surface area contributed by atoms with Crippen LogP contribution in [0.1, 0.15) is 39.2 Å². The van der Waals surface area contributed by atoms with Crippen molar-refractivity contribution >= 4 is 40.4 Å². The van der Waals surface area contributed by atoms with E-state index in [4.69, 9.17) is 4.74 Å². The molecule has 4 aromatic rings. The third-order valence-corrected chi connectivity index (χ3v) is 7.10. The number of hydrogen-bond donors (Lipinski definition) is 2. The van der Waals surface area contributed by atoms with Gasteiger partial charge in [-0.3, -0.25) is 14.4 Å². The molecule has 8 heteroatoms. The summed E-state index contributed by atoms with van der Waals surface area (Å²) in [5.41, 5.74) is 6.04. The van der Waals surface area contributed by atoms with Crippen molar-refractivity contribution in [2.24, 2.45) is 0 Å². The van der Waals surface area contributed by atoms with E-state index >= 15 is 0 Å². The third kappa shape index (κ3) is 6.44. The quantitative estimate of drug-likeness (QED) is 0.314. The molecule has 1 aliphatic rings. The predicted octanol–water partition coefficient (Wildman–Crippen LogP) is 4.59. The van der Waals surface area contributed by atoms with Crippen molar-refractivity contribution in [3.63, 3.8) is 0 Å². The number of nitrogens with zero attached hydrogens (tertiary/aromatic N) is 2. The van der Waals surface area contributed by atoms with Gasteiger partial charge in [-0.25, -0.2) is 4.98 Å². The van der Waals surface area contributed by atoms with E-state index in [9.17, 15) is 14.4 Å². The van der Waals surface area contributed by atoms with Gasteiger partial charge in [-0.1, -0.05) is 42.5 Å². The molecule has 1 aliphatic heterocycles. The van der Waals surface area contributed by atoms with Gasteiger partial charge >= 0.3 is 0 Å². The van der Waals surface area contributed by atoms with Crippen LogP contribution in [0.15, 0.2) is 78.9 Å². The lowest BCUT2D eigenvalue weighted by atomic mass is 9.96. The number of pyridine rings is 1. The van der Waals surface area contributed by atoms with E-state index in [1.807, 2.05) is 55.5 Å². The lowest BCUT2D eigenvalue weighted by Crippen LogP contribution is -2.42. The van der Waals surface area contributed by atoms with Gasteiger partial charge in [-0.2, -0.15) is 0 Å². The van der Waals surface area contributed by atoms with Gasteiger partial charge in [0.15, 0.2) is 0 Å². The van der Waals surface area contributed by atoms with Crippen LogP contribution in [0.4, 0.5) is 5.69 Å². The fourth-order valence-electron chi connectivity index (χ4n) is 4.96. The van der Waals surface area contributed by atoms with Crippen LogP contribution in [0.2, 0.25) is 0 Å². The summed E-state index contributed by atoms with van der Waals surface area (Å²) in [6.45, 7) is 2.81. The van der Waals surface area contributed by atoms with Crippen molar-refractivity contribution in [2.75, 3.05) is 25.0 Å². The summed E-state index contributed by atoms with van der Waals surface area (Å²) in [6.07, 6.45) is 4.69. The predicted molar refractivity (Wildman–Crippen MR) is 160 cm³/mol. The molecule has 0 saturated carbocycles. The lowest BCUT2D eigenvalue weighted by molar-refractivity contribution is -0.122. The maximum atomic E-state index is 13.1. The van der Waals surface area contributed by atoms with Crippen molar-refractivity contribution in [3.05, 3.63) is 107 Å². The highest BCUT2D eigenvalue weighted by Crippen LogP contribution is 2.31. The first-order chi connectivity index (χ1) is 19.9. The molecule has 0 fully saturated rings. The second kappa shape index (κ2) is 12.5. The Morgan fingerprint density at radius 1 is 1.00 bits per heavy atom. The molecular formula is C33H32N4O4. The molecule has 0 atom stereocenters. The Labute approximate surface area is 239 Å². The van der Waals surface area contributed by atoms with E-state index in [0.717, 1.165) is 57.6 Å². The zero-order valence-electron chi connectivity index (χ0n) is 23.1. The maximum absolute atomic E-state index is 13.1. The van der Waals surface area contributed by atoms with E-state index in [-0.39, 0.29) is 24.3 Å². The smallest absolute Gasteiger partial charge is 0.251 e. The SMILES string of the molecule is CNC(=O)c1ccc(/C=C/C(=O)NCC(=O)N2CCCc3c(COc4cccc5ccc(C)nc45)cccc32)cc1. The molecule has 2 N–H and O–H groups in total. The van der Waals surface area contributed by atoms with E-state index < -0.39 is 0 Å². The van der Waals surface area contributed by atoms with Gasteiger partial charge in [-0.05, 0) is 72.9 Å². The lowest BCUT2D eigenvalue weighted by Gasteiger charge is -2.31. The molecule has 0 spiro atoms. The van der Waals surface area contributed by atoms with Gasteiger partial charge in [0.25, 0.3) is 5.91 Å². The van der Waals surface area contributed by atoms with Gasteiger partial charge in [-0.15, -0.1) is 0 Å². The number of amides is 3. The Hall–Kier alpha value is -4.98. The molecule has 2 heterocycles.